The molecule has 3 rings (SSSR count). The predicted octanol–water partition coefficient (Wildman–Crippen LogP) is 4.98. The first-order valence-electron chi connectivity index (χ1n) is 9.90. The molecule has 1 amide bonds. The third-order valence-corrected chi connectivity index (χ3v) is 6.28. The topological polar surface area (TPSA) is 42.0 Å². The largest absolute Gasteiger partial charge is 0.493 e. The summed E-state index contributed by atoms with van der Waals surface area (Å²) in [6.07, 6.45) is 7.45. The minimum Gasteiger partial charge on any atom is -0.493 e. The van der Waals surface area contributed by atoms with E-state index in [-0.39, 0.29) is 11.9 Å². The van der Waals surface area contributed by atoms with Gasteiger partial charge in [0.05, 0.1) is 17.7 Å². The highest BCUT2D eigenvalue weighted by molar-refractivity contribution is 9.10. The second kappa shape index (κ2) is 9.27. The van der Waals surface area contributed by atoms with Crippen LogP contribution < -0.4 is 9.47 Å². The van der Waals surface area contributed by atoms with Crippen LogP contribution in [0.1, 0.15) is 51.5 Å². The van der Waals surface area contributed by atoms with Gasteiger partial charge in [0.25, 0.3) is 5.91 Å². The smallest absolute Gasteiger partial charge is 0.277 e. The molecule has 28 heavy (non-hydrogen) atoms. The fraction of sp³-hybridized carbons (Fsp3) is 0.524. The van der Waals surface area contributed by atoms with Gasteiger partial charge in [-0.1, -0.05) is 19.3 Å². The SMILES string of the molecule is CCOc1cc(OCC)c(/C=C2/C(=O)N(C3CCCCC3)C(=S)N2C)cc1Br. The van der Waals surface area contributed by atoms with Crippen LogP contribution in [0.2, 0.25) is 0 Å². The minimum absolute atomic E-state index is 0.0214. The first kappa shape index (κ1) is 21.1. The van der Waals surface area contributed by atoms with Crippen molar-refractivity contribution < 1.29 is 14.3 Å². The minimum atomic E-state index is -0.0214. The highest BCUT2D eigenvalue weighted by atomic mass is 79.9. The highest BCUT2D eigenvalue weighted by Gasteiger charge is 2.40. The number of thiocarbonyl (C=S) groups is 1. The Kier molecular flexibility index (Phi) is 6.99. The quantitative estimate of drug-likeness (QED) is 0.436. The number of carbonyl (C=O) groups excluding carboxylic acids is 1. The molecule has 1 aliphatic carbocycles. The first-order valence-corrected chi connectivity index (χ1v) is 11.1. The molecule has 0 spiro atoms. The normalized spacial score (nSPS) is 19.6. The fourth-order valence-electron chi connectivity index (χ4n) is 3.80. The number of amides is 1. The number of nitrogens with zero attached hydrogens (tertiary/aromatic N) is 2. The molecule has 0 N–H and O–H groups in total. The van der Waals surface area contributed by atoms with Crippen LogP contribution in [0.25, 0.3) is 6.08 Å². The fourth-order valence-corrected chi connectivity index (χ4v) is 4.60. The lowest BCUT2D eigenvalue weighted by Crippen LogP contribution is -2.41. The average Bonchev–Trinajstić information content (AvgIpc) is 2.89. The molecular weight excluding hydrogens is 440 g/mol. The molecule has 1 saturated heterocycles. The van der Waals surface area contributed by atoms with Crippen molar-refractivity contribution >= 4 is 45.2 Å². The van der Waals surface area contributed by atoms with Crippen LogP contribution in [0.4, 0.5) is 0 Å². The molecule has 152 valence electrons. The van der Waals surface area contributed by atoms with Crippen LogP contribution in [-0.4, -0.2) is 47.1 Å². The van der Waals surface area contributed by atoms with Gasteiger partial charge in [-0.05, 0) is 67.0 Å². The standard InChI is InChI=1S/C21H27BrN2O3S/c1-4-26-18-13-19(27-5-2)16(22)11-14(18)12-17-20(25)24(21(28)23(17)3)15-9-7-6-8-10-15/h11-13,15H,4-10H2,1-3H3/b17-12-. The maximum Gasteiger partial charge on any atom is 0.277 e. The van der Waals surface area contributed by atoms with E-state index in [9.17, 15) is 4.79 Å². The molecule has 1 heterocycles. The predicted molar refractivity (Wildman–Crippen MR) is 119 cm³/mol. The first-order chi connectivity index (χ1) is 13.5. The van der Waals surface area contributed by atoms with Gasteiger partial charge in [-0.2, -0.15) is 0 Å². The van der Waals surface area contributed by atoms with Gasteiger partial charge in [0, 0.05) is 24.7 Å². The zero-order valence-corrected chi connectivity index (χ0v) is 19.1. The lowest BCUT2D eigenvalue weighted by Gasteiger charge is -2.30. The Morgan fingerprint density at radius 2 is 1.79 bits per heavy atom. The summed E-state index contributed by atoms with van der Waals surface area (Å²) in [7, 11) is 1.86. The van der Waals surface area contributed by atoms with Crippen molar-refractivity contribution in [3.05, 3.63) is 27.9 Å². The van der Waals surface area contributed by atoms with Crippen molar-refractivity contribution in [1.82, 2.24) is 9.80 Å². The van der Waals surface area contributed by atoms with E-state index < -0.39 is 0 Å². The molecule has 1 aromatic rings. The molecule has 0 aromatic heterocycles. The number of carbonyl (C=O) groups is 1. The summed E-state index contributed by atoms with van der Waals surface area (Å²) in [4.78, 5) is 16.8. The van der Waals surface area contributed by atoms with Crippen molar-refractivity contribution in [3.63, 3.8) is 0 Å². The number of ether oxygens (including phenoxy) is 2. The van der Waals surface area contributed by atoms with Gasteiger partial charge < -0.3 is 14.4 Å². The second-order valence-corrected chi connectivity index (χ2v) is 8.24. The Balaban J connectivity index is 1.96. The van der Waals surface area contributed by atoms with Crippen LogP contribution in [0.3, 0.4) is 0 Å². The molecule has 0 bridgehead atoms. The summed E-state index contributed by atoms with van der Waals surface area (Å²) in [6.45, 7) is 4.97. The molecule has 5 nitrogen and oxygen atoms in total. The molecule has 2 aliphatic rings. The summed E-state index contributed by atoms with van der Waals surface area (Å²) in [5.74, 6) is 1.38. The van der Waals surface area contributed by atoms with Crippen LogP contribution in [0.5, 0.6) is 11.5 Å². The monoisotopic (exact) mass is 466 g/mol. The van der Waals surface area contributed by atoms with Crippen LogP contribution in [0.15, 0.2) is 22.3 Å². The lowest BCUT2D eigenvalue weighted by molar-refractivity contribution is -0.124. The third-order valence-electron chi connectivity index (χ3n) is 5.19. The summed E-state index contributed by atoms with van der Waals surface area (Å²) in [5.41, 5.74) is 1.40. The number of hydrogen-bond donors (Lipinski definition) is 0. The van der Waals surface area contributed by atoms with Crippen LogP contribution >= 0.6 is 28.1 Å². The Morgan fingerprint density at radius 3 is 2.43 bits per heavy atom. The molecule has 0 atom stereocenters. The second-order valence-electron chi connectivity index (χ2n) is 7.02. The number of rotatable bonds is 6. The molecule has 0 unspecified atom stereocenters. The van der Waals surface area contributed by atoms with Crippen LogP contribution in [-0.2, 0) is 4.79 Å². The number of halogens is 1. The summed E-state index contributed by atoms with van der Waals surface area (Å²) in [5, 5.41) is 0.589. The molecular formula is C21H27BrN2O3S. The Labute approximate surface area is 180 Å². The van der Waals surface area contributed by atoms with Gasteiger partial charge in [-0.3, -0.25) is 9.69 Å². The molecule has 7 heteroatoms. The van der Waals surface area contributed by atoms with E-state index in [4.69, 9.17) is 21.7 Å². The average molecular weight is 467 g/mol. The van der Waals surface area contributed by atoms with Gasteiger partial charge in [-0.15, -0.1) is 0 Å². The van der Waals surface area contributed by atoms with Crippen molar-refractivity contribution in [3.8, 4) is 11.5 Å². The Morgan fingerprint density at radius 1 is 1.14 bits per heavy atom. The molecule has 1 saturated carbocycles. The van der Waals surface area contributed by atoms with Crippen molar-refractivity contribution in [2.24, 2.45) is 0 Å². The molecule has 1 aromatic carbocycles. The maximum atomic E-state index is 13.2. The summed E-state index contributed by atoms with van der Waals surface area (Å²) >= 11 is 9.16. The molecule has 0 radical (unpaired) electrons. The van der Waals surface area contributed by atoms with E-state index in [1.165, 1.54) is 6.42 Å². The number of likely N-dealkylation sites (N-methyl/N-ethyl adjacent to an activating group) is 1. The maximum absolute atomic E-state index is 13.2. The van der Waals surface area contributed by atoms with Crippen molar-refractivity contribution in [1.29, 1.82) is 0 Å². The molecule has 2 fully saturated rings. The zero-order valence-electron chi connectivity index (χ0n) is 16.7. The van der Waals surface area contributed by atoms with E-state index in [0.29, 0.717) is 29.8 Å². The van der Waals surface area contributed by atoms with E-state index in [1.807, 2.05) is 48.9 Å². The number of hydrogen-bond acceptors (Lipinski definition) is 4. The Hall–Kier alpha value is -1.60. The van der Waals surface area contributed by atoms with Gasteiger partial charge in [0.15, 0.2) is 5.11 Å². The number of benzene rings is 1. The molecule has 1 aliphatic heterocycles. The van der Waals surface area contributed by atoms with Crippen molar-refractivity contribution in [2.75, 3.05) is 20.3 Å². The lowest BCUT2D eigenvalue weighted by atomic mass is 9.94. The van der Waals surface area contributed by atoms with Gasteiger partial charge >= 0.3 is 0 Å². The van der Waals surface area contributed by atoms with Gasteiger partial charge in [-0.25, -0.2) is 0 Å². The van der Waals surface area contributed by atoms with E-state index in [1.54, 1.807) is 0 Å². The van der Waals surface area contributed by atoms with Crippen LogP contribution in [0, 0.1) is 0 Å². The van der Waals surface area contributed by atoms with E-state index in [2.05, 4.69) is 15.9 Å². The summed E-state index contributed by atoms with van der Waals surface area (Å²) in [6, 6.07) is 4.00. The van der Waals surface area contributed by atoms with E-state index in [0.717, 1.165) is 41.5 Å². The Bertz CT molecular complexity index is 790. The highest BCUT2D eigenvalue weighted by Crippen LogP contribution is 2.36. The zero-order chi connectivity index (χ0) is 20.3. The third kappa shape index (κ3) is 4.20. The summed E-state index contributed by atoms with van der Waals surface area (Å²) < 4.78 is 12.3. The van der Waals surface area contributed by atoms with Gasteiger partial charge in [0.1, 0.15) is 17.2 Å². The van der Waals surface area contributed by atoms with Crippen molar-refractivity contribution in [2.45, 2.75) is 52.0 Å². The van der Waals surface area contributed by atoms with Gasteiger partial charge in [0.2, 0.25) is 0 Å². The van der Waals surface area contributed by atoms with E-state index >= 15 is 0 Å².